The molecule has 0 radical (unpaired) electrons. The number of rotatable bonds is 4. The van der Waals surface area contributed by atoms with E-state index in [4.69, 9.17) is 23.2 Å². The molecule has 3 rings (SSSR count). The van der Waals surface area contributed by atoms with Gasteiger partial charge in [0.25, 0.3) is 10.0 Å². The Bertz CT molecular complexity index is 965. The van der Waals surface area contributed by atoms with Crippen LogP contribution >= 0.6 is 23.2 Å². The summed E-state index contributed by atoms with van der Waals surface area (Å²) >= 11 is 11.8. The molecule has 0 atom stereocenters. The maximum atomic E-state index is 12.6. The molecule has 1 aliphatic rings. The normalized spacial score (nSPS) is 16.8. The van der Waals surface area contributed by atoms with Crippen molar-refractivity contribution in [3.63, 3.8) is 0 Å². The van der Waals surface area contributed by atoms with Gasteiger partial charge in [-0.2, -0.15) is 8.78 Å². The summed E-state index contributed by atoms with van der Waals surface area (Å²) in [4.78, 5) is 4.26. The van der Waals surface area contributed by atoms with Crippen molar-refractivity contribution in [3.05, 3.63) is 57.6 Å². The lowest BCUT2D eigenvalue weighted by Crippen LogP contribution is -2.22. The van der Waals surface area contributed by atoms with Crippen molar-refractivity contribution in [1.82, 2.24) is 4.72 Å². The highest BCUT2D eigenvalue weighted by Gasteiger charge is 2.30. The summed E-state index contributed by atoms with van der Waals surface area (Å²) in [7, 11) is -3.69. The van der Waals surface area contributed by atoms with Gasteiger partial charge in [-0.1, -0.05) is 35.3 Å². The van der Waals surface area contributed by atoms with Gasteiger partial charge in [0, 0.05) is 16.1 Å². The molecule has 0 bridgehead atoms. The average Bonchev–Trinajstić information content (AvgIpc) is 2.79. The quantitative estimate of drug-likeness (QED) is 0.838. The van der Waals surface area contributed by atoms with E-state index in [1.54, 1.807) is 18.2 Å². The molecular formula is C15H10Cl2F2N2O3S. The van der Waals surface area contributed by atoms with Gasteiger partial charge in [0.15, 0.2) is 0 Å². The highest BCUT2D eigenvalue weighted by molar-refractivity contribution is 7.90. The van der Waals surface area contributed by atoms with Crippen molar-refractivity contribution < 1.29 is 21.9 Å². The molecule has 0 unspecified atom stereocenters. The Morgan fingerprint density at radius 1 is 1.20 bits per heavy atom. The highest BCUT2D eigenvalue weighted by atomic mass is 35.5. The summed E-state index contributed by atoms with van der Waals surface area (Å²) in [5.74, 6) is -0.144. The van der Waals surface area contributed by atoms with Crippen molar-refractivity contribution in [2.24, 2.45) is 4.99 Å². The van der Waals surface area contributed by atoms with Crippen LogP contribution in [0.25, 0.3) is 0 Å². The van der Waals surface area contributed by atoms with Crippen LogP contribution in [0, 0.1) is 0 Å². The maximum Gasteiger partial charge on any atom is 0.387 e. The second kappa shape index (κ2) is 6.78. The van der Waals surface area contributed by atoms with Gasteiger partial charge < -0.3 is 4.74 Å². The van der Waals surface area contributed by atoms with Crippen LogP contribution in [0.15, 0.2) is 46.3 Å². The zero-order valence-corrected chi connectivity index (χ0v) is 14.7. The van der Waals surface area contributed by atoms with Gasteiger partial charge in [-0.15, -0.1) is 0 Å². The lowest BCUT2D eigenvalue weighted by atomic mass is 10.2. The largest absolute Gasteiger partial charge is 0.433 e. The number of nitrogens with one attached hydrogen (secondary N) is 1. The van der Waals surface area contributed by atoms with E-state index in [9.17, 15) is 17.2 Å². The highest BCUT2D eigenvalue weighted by Crippen LogP contribution is 2.34. The van der Waals surface area contributed by atoms with Crippen molar-refractivity contribution >= 4 is 39.1 Å². The molecule has 132 valence electrons. The first-order chi connectivity index (χ1) is 11.8. The number of alkyl halides is 2. The summed E-state index contributed by atoms with van der Waals surface area (Å²) in [6.07, 6.45) is 0. The Morgan fingerprint density at radius 2 is 1.92 bits per heavy atom. The number of ether oxygens (including phenoxy) is 1. The standard InChI is InChI=1S/C15H10Cl2F2N2O3S/c16-9-5-8(13(11(17)6-9)24-15(18)19)7-20-14-10-3-1-2-4-12(10)25(22,23)21-14/h1-6,15H,7H2,(H,20,21). The Labute approximate surface area is 152 Å². The Balaban J connectivity index is 1.98. The molecule has 0 amide bonds. The van der Waals surface area contributed by atoms with E-state index >= 15 is 0 Å². The summed E-state index contributed by atoms with van der Waals surface area (Å²) in [5, 5.41) is 0.129. The third-order valence-electron chi connectivity index (χ3n) is 3.36. The number of sulfonamides is 1. The molecule has 2 aromatic rings. The molecule has 1 aliphatic heterocycles. The minimum atomic E-state index is -3.69. The van der Waals surface area contributed by atoms with Gasteiger partial charge in [-0.05, 0) is 24.3 Å². The van der Waals surface area contributed by atoms with E-state index in [0.717, 1.165) is 0 Å². The molecule has 0 saturated heterocycles. The fourth-order valence-corrected chi connectivity index (χ4v) is 4.20. The molecule has 0 saturated carbocycles. The summed E-state index contributed by atoms with van der Waals surface area (Å²) < 4.78 is 56.0. The summed E-state index contributed by atoms with van der Waals surface area (Å²) in [6, 6.07) is 8.94. The number of benzene rings is 2. The van der Waals surface area contributed by atoms with Crippen LogP contribution < -0.4 is 9.46 Å². The monoisotopic (exact) mass is 406 g/mol. The van der Waals surface area contributed by atoms with Gasteiger partial charge >= 0.3 is 6.61 Å². The van der Waals surface area contributed by atoms with Crippen molar-refractivity contribution in [1.29, 1.82) is 0 Å². The molecule has 5 nitrogen and oxygen atoms in total. The van der Waals surface area contributed by atoms with Crippen LogP contribution in [0.5, 0.6) is 5.75 Å². The lowest BCUT2D eigenvalue weighted by molar-refractivity contribution is -0.0503. The van der Waals surface area contributed by atoms with Crippen molar-refractivity contribution in [2.45, 2.75) is 18.1 Å². The lowest BCUT2D eigenvalue weighted by Gasteiger charge is -2.12. The zero-order chi connectivity index (χ0) is 18.2. The SMILES string of the molecule is O=S1(=O)NC(=NCc2cc(Cl)cc(Cl)c2OC(F)F)c2ccccc21. The Hall–Kier alpha value is -1.90. The van der Waals surface area contributed by atoms with Gasteiger partial charge in [-0.3, -0.25) is 9.71 Å². The first kappa shape index (κ1) is 17.9. The maximum absolute atomic E-state index is 12.6. The molecule has 25 heavy (non-hydrogen) atoms. The minimum absolute atomic E-state index is 0.0876. The van der Waals surface area contributed by atoms with Gasteiger partial charge in [0.05, 0.1) is 16.5 Å². The molecule has 2 aromatic carbocycles. The van der Waals surface area contributed by atoms with E-state index in [1.165, 1.54) is 18.2 Å². The fraction of sp³-hybridized carbons (Fsp3) is 0.133. The molecule has 1 heterocycles. The second-order valence-electron chi connectivity index (χ2n) is 5.02. The third-order valence-corrected chi connectivity index (χ3v) is 5.26. The van der Waals surface area contributed by atoms with Crippen LogP contribution in [0.1, 0.15) is 11.1 Å². The molecule has 10 heteroatoms. The van der Waals surface area contributed by atoms with Crippen LogP contribution in [0.3, 0.4) is 0 Å². The topological polar surface area (TPSA) is 67.8 Å². The van der Waals surface area contributed by atoms with Crippen LogP contribution in [-0.4, -0.2) is 20.9 Å². The predicted molar refractivity (Wildman–Crippen MR) is 90.1 cm³/mol. The third kappa shape index (κ3) is 3.70. The molecule has 0 spiro atoms. The van der Waals surface area contributed by atoms with E-state index < -0.39 is 16.6 Å². The number of nitrogens with zero attached hydrogens (tertiary/aromatic N) is 1. The number of fused-ring (bicyclic) bond motifs is 1. The molecule has 0 fully saturated rings. The van der Waals surface area contributed by atoms with E-state index in [0.29, 0.717) is 5.56 Å². The number of amidine groups is 1. The molecule has 0 aliphatic carbocycles. The summed E-state index contributed by atoms with van der Waals surface area (Å²) in [6.45, 7) is -3.23. The van der Waals surface area contributed by atoms with Crippen molar-refractivity contribution in [2.75, 3.05) is 0 Å². The van der Waals surface area contributed by atoms with E-state index in [1.807, 2.05) is 0 Å². The number of hydrogen-bond acceptors (Lipinski definition) is 4. The van der Waals surface area contributed by atoms with Crippen LogP contribution in [-0.2, 0) is 16.6 Å². The fourth-order valence-electron chi connectivity index (χ4n) is 2.37. The average molecular weight is 407 g/mol. The second-order valence-corrected chi connectivity index (χ2v) is 7.52. The molecule has 1 N–H and O–H groups in total. The number of halogens is 4. The molecule has 0 aromatic heterocycles. The van der Waals surface area contributed by atoms with Gasteiger partial charge in [0.2, 0.25) is 0 Å². The zero-order valence-electron chi connectivity index (χ0n) is 12.3. The summed E-state index contributed by atoms with van der Waals surface area (Å²) in [5.41, 5.74) is 0.598. The predicted octanol–water partition coefficient (Wildman–Crippen LogP) is 3.83. The minimum Gasteiger partial charge on any atom is -0.433 e. The molecular weight excluding hydrogens is 397 g/mol. The first-order valence-electron chi connectivity index (χ1n) is 6.87. The van der Waals surface area contributed by atoms with Crippen LogP contribution in [0.4, 0.5) is 8.78 Å². The smallest absolute Gasteiger partial charge is 0.387 e. The van der Waals surface area contributed by atoms with Crippen LogP contribution in [0.2, 0.25) is 10.0 Å². The van der Waals surface area contributed by atoms with E-state index in [-0.39, 0.29) is 38.6 Å². The van der Waals surface area contributed by atoms with Gasteiger partial charge in [-0.25, -0.2) is 8.42 Å². The number of aliphatic imine (C=N–C) groups is 1. The Kier molecular flexibility index (Phi) is 4.86. The number of hydrogen-bond donors (Lipinski definition) is 1. The van der Waals surface area contributed by atoms with E-state index in [2.05, 4.69) is 14.5 Å². The van der Waals surface area contributed by atoms with Crippen molar-refractivity contribution in [3.8, 4) is 5.75 Å². The van der Waals surface area contributed by atoms with Gasteiger partial charge in [0.1, 0.15) is 11.6 Å². The Morgan fingerprint density at radius 3 is 2.64 bits per heavy atom. The first-order valence-corrected chi connectivity index (χ1v) is 9.11.